The van der Waals surface area contributed by atoms with E-state index in [0.717, 1.165) is 11.3 Å². The van der Waals surface area contributed by atoms with E-state index in [1.165, 1.54) is 0 Å². The predicted octanol–water partition coefficient (Wildman–Crippen LogP) is 3.05. The molecule has 0 aliphatic carbocycles. The first kappa shape index (κ1) is 15.3. The highest BCUT2D eigenvalue weighted by atomic mass is 16.1. The lowest BCUT2D eigenvalue weighted by Crippen LogP contribution is -2.21. The third-order valence-electron chi connectivity index (χ3n) is 3.13. The van der Waals surface area contributed by atoms with Crippen molar-refractivity contribution in [1.29, 1.82) is 5.26 Å². The second-order valence-corrected chi connectivity index (χ2v) is 4.98. The van der Waals surface area contributed by atoms with Crippen molar-refractivity contribution in [3.63, 3.8) is 0 Å². The van der Waals surface area contributed by atoms with E-state index in [9.17, 15) is 10.1 Å². The maximum Gasteiger partial charge on any atom is 0.256 e. The fourth-order valence-corrected chi connectivity index (χ4v) is 1.92. The molecular weight excluding hydrogens is 274 g/mol. The van der Waals surface area contributed by atoms with E-state index >= 15 is 0 Å². The Hall–Kier alpha value is -3.06. The molecule has 1 amide bonds. The molecule has 0 atom stereocenters. The average Bonchev–Trinajstić information content (AvgIpc) is 2.55. The van der Waals surface area contributed by atoms with Crippen molar-refractivity contribution in [3.8, 4) is 6.07 Å². The molecule has 22 heavy (non-hydrogen) atoms. The second-order valence-electron chi connectivity index (χ2n) is 4.98. The maximum atomic E-state index is 12.0. The lowest BCUT2D eigenvalue weighted by atomic mass is 10.1. The van der Waals surface area contributed by atoms with E-state index in [1.54, 1.807) is 30.3 Å². The van der Waals surface area contributed by atoms with Crippen molar-refractivity contribution in [3.05, 3.63) is 71.4 Å². The Morgan fingerprint density at radius 1 is 1.09 bits per heavy atom. The topological polar surface area (TPSA) is 56.1 Å². The van der Waals surface area contributed by atoms with Gasteiger partial charge in [0, 0.05) is 25.3 Å². The zero-order valence-corrected chi connectivity index (χ0v) is 12.6. The van der Waals surface area contributed by atoms with Crippen LogP contribution < -0.4 is 10.2 Å². The predicted molar refractivity (Wildman–Crippen MR) is 88.3 cm³/mol. The van der Waals surface area contributed by atoms with Crippen LogP contribution in [0.15, 0.2) is 60.3 Å². The normalized spacial score (nSPS) is 10.7. The van der Waals surface area contributed by atoms with Crippen molar-refractivity contribution >= 4 is 17.7 Å². The Bertz CT molecular complexity index is 710. The molecule has 0 unspecified atom stereocenters. The van der Waals surface area contributed by atoms with Gasteiger partial charge in [-0.1, -0.05) is 30.3 Å². The molecule has 0 saturated heterocycles. The standard InChI is InChI=1S/C18H17N3O/c1-21(2)17-10-8-14(9-11-17)12-16(13-19)20-18(22)15-6-4-3-5-7-15/h3-12H,1-2H3,(H,20,22)/b16-12+. The summed E-state index contributed by atoms with van der Waals surface area (Å²) in [5.74, 6) is -0.293. The van der Waals surface area contributed by atoms with Gasteiger partial charge >= 0.3 is 0 Å². The molecular formula is C18H17N3O. The lowest BCUT2D eigenvalue weighted by Gasteiger charge is -2.12. The van der Waals surface area contributed by atoms with Gasteiger partial charge in [-0.3, -0.25) is 4.79 Å². The Balaban J connectivity index is 2.14. The Morgan fingerprint density at radius 2 is 1.73 bits per heavy atom. The van der Waals surface area contributed by atoms with Crippen molar-refractivity contribution < 1.29 is 4.79 Å². The van der Waals surface area contributed by atoms with Gasteiger partial charge in [-0.05, 0) is 35.9 Å². The molecule has 0 aromatic heterocycles. The molecule has 0 radical (unpaired) electrons. The quantitative estimate of drug-likeness (QED) is 0.881. The molecule has 0 spiro atoms. The van der Waals surface area contributed by atoms with Crippen molar-refractivity contribution in [2.75, 3.05) is 19.0 Å². The zero-order valence-electron chi connectivity index (χ0n) is 12.6. The monoisotopic (exact) mass is 291 g/mol. The van der Waals surface area contributed by atoms with Gasteiger partial charge in [-0.15, -0.1) is 0 Å². The minimum absolute atomic E-state index is 0.214. The van der Waals surface area contributed by atoms with Gasteiger partial charge in [0.25, 0.3) is 5.91 Å². The number of allylic oxidation sites excluding steroid dienone is 1. The van der Waals surface area contributed by atoms with Crippen LogP contribution >= 0.6 is 0 Å². The number of nitriles is 1. The second kappa shape index (κ2) is 7.09. The van der Waals surface area contributed by atoms with E-state index in [4.69, 9.17) is 0 Å². The summed E-state index contributed by atoms with van der Waals surface area (Å²) in [6, 6.07) is 18.5. The molecule has 0 saturated carbocycles. The molecule has 0 aliphatic rings. The van der Waals surface area contributed by atoms with Gasteiger partial charge in [-0.2, -0.15) is 5.26 Å². The third-order valence-corrected chi connectivity index (χ3v) is 3.13. The minimum atomic E-state index is -0.293. The van der Waals surface area contributed by atoms with Crippen LogP contribution in [0.1, 0.15) is 15.9 Å². The number of anilines is 1. The van der Waals surface area contributed by atoms with Crippen LogP contribution in [0.4, 0.5) is 5.69 Å². The summed E-state index contributed by atoms with van der Waals surface area (Å²) >= 11 is 0. The van der Waals surface area contributed by atoms with Crippen LogP contribution in [0.25, 0.3) is 6.08 Å². The first-order valence-corrected chi connectivity index (χ1v) is 6.86. The number of hydrogen-bond donors (Lipinski definition) is 1. The highest BCUT2D eigenvalue weighted by molar-refractivity contribution is 5.96. The van der Waals surface area contributed by atoms with Gasteiger partial charge in [-0.25, -0.2) is 0 Å². The van der Waals surface area contributed by atoms with E-state index in [-0.39, 0.29) is 11.6 Å². The number of benzene rings is 2. The number of carbonyl (C=O) groups excluding carboxylic acids is 1. The first-order chi connectivity index (χ1) is 10.6. The largest absolute Gasteiger partial charge is 0.378 e. The highest BCUT2D eigenvalue weighted by Crippen LogP contribution is 2.14. The number of hydrogen-bond acceptors (Lipinski definition) is 3. The summed E-state index contributed by atoms with van der Waals surface area (Å²) in [4.78, 5) is 14.0. The number of carbonyl (C=O) groups is 1. The summed E-state index contributed by atoms with van der Waals surface area (Å²) < 4.78 is 0. The van der Waals surface area contributed by atoms with Crippen molar-refractivity contribution in [2.45, 2.75) is 0 Å². The SMILES string of the molecule is CN(C)c1ccc(/C=C(\C#N)NC(=O)c2ccccc2)cc1. The maximum absolute atomic E-state index is 12.0. The Labute approximate surface area is 130 Å². The van der Waals surface area contributed by atoms with E-state index in [2.05, 4.69) is 5.32 Å². The van der Waals surface area contributed by atoms with Crippen molar-refractivity contribution in [2.24, 2.45) is 0 Å². The van der Waals surface area contributed by atoms with Gasteiger partial charge in [0.2, 0.25) is 0 Å². The average molecular weight is 291 g/mol. The van der Waals surface area contributed by atoms with Gasteiger partial charge < -0.3 is 10.2 Å². The molecule has 1 N–H and O–H groups in total. The van der Waals surface area contributed by atoms with Crippen LogP contribution in [0.5, 0.6) is 0 Å². The lowest BCUT2D eigenvalue weighted by molar-refractivity contribution is 0.0968. The van der Waals surface area contributed by atoms with E-state index < -0.39 is 0 Å². The Kier molecular flexibility index (Phi) is 4.94. The van der Waals surface area contributed by atoms with Crippen LogP contribution in [0.3, 0.4) is 0 Å². The summed E-state index contributed by atoms with van der Waals surface area (Å²) in [6.07, 6.45) is 1.65. The molecule has 4 nitrogen and oxygen atoms in total. The zero-order chi connectivity index (χ0) is 15.9. The van der Waals surface area contributed by atoms with Crippen molar-refractivity contribution in [1.82, 2.24) is 5.32 Å². The fourth-order valence-electron chi connectivity index (χ4n) is 1.92. The summed E-state index contributed by atoms with van der Waals surface area (Å²) in [5, 5.41) is 11.8. The van der Waals surface area contributed by atoms with E-state index in [1.807, 2.05) is 55.4 Å². The number of nitrogens with one attached hydrogen (secondary N) is 1. The molecule has 0 heterocycles. The van der Waals surface area contributed by atoms with Gasteiger partial charge in [0.15, 0.2) is 0 Å². The van der Waals surface area contributed by atoms with Gasteiger partial charge in [0.05, 0.1) is 0 Å². The molecule has 4 heteroatoms. The Morgan fingerprint density at radius 3 is 2.27 bits per heavy atom. The summed E-state index contributed by atoms with van der Waals surface area (Å²) in [6.45, 7) is 0. The van der Waals surface area contributed by atoms with Crippen LogP contribution in [0.2, 0.25) is 0 Å². The summed E-state index contributed by atoms with van der Waals surface area (Å²) in [7, 11) is 3.93. The number of rotatable bonds is 4. The first-order valence-electron chi connectivity index (χ1n) is 6.86. The summed E-state index contributed by atoms with van der Waals surface area (Å²) in [5.41, 5.74) is 2.66. The highest BCUT2D eigenvalue weighted by Gasteiger charge is 2.06. The smallest absolute Gasteiger partial charge is 0.256 e. The number of nitrogens with zero attached hydrogens (tertiary/aromatic N) is 2. The van der Waals surface area contributed by atoms with Crippen LogP contribution in [-0.2, 0) is 0 Å². The molecule has 2 aromatic carbocycles. The molecule has 2 rings (SSSR count). The van der Waals surface area contributed by atoms with Crippen LogP contribution in [-0.4, -0.2) is 20.0 Å². The molecule has 0 aliphatic heterocycles. The number of amides is 1. The minimum Gasteiger partial charge on any atom is -0.378 e. The molecule has 110 valence electrons. The van der Waals surface area contributed by atoms with E-state index in [0.29, 0.717) is 5.56 Å². The molecule has 0 bridgehead atoms. The fraction of sp³-hybridized carbons (Fsp3) is 0.111. The molecule has 2 aromatic rings. The van der Waals surface area contributed by atoms with Crippen LogP contribution in [0, 0.1) is 11.3 Å². The van der Waals surface area contributed by atoms with Gasteiger partial charge in [0.1, 0.15) is 11.8 Å². The molecule has 0 fully saturated rings. The third kappa shape index (κ3) is 3.97.